The first-order chi connectivity index (χ1) is 13.5. The molecule has 0 amide bonds. The Morgan fingerprint density at radius 1 is 1.21 bits per heavy atom. The third-order valence-corrected chi connectivity index (χ3v) is 4.26. The molecule has 0 unspecified atom stereocenters. The van der Waals surface area contributed by atoms with E-state index >= 15 is 0 Å². The summed E-state index contributed by atoms with van der Waals surface area (Å²) >= 11 is 5.96. The van der Waals surface area contributed by atoms with Crippen LogP contribution in [0, 0.1) is 11.3 Å². The number of halogens is 1. The van der Waals surface area contributed by atoms with E-state index in [0.717, 1.165) is 5.52 Å². The van der Waals surface area contributed by atoms with Crippen molar-refractivity contribution in [2.45, 2.75) is 6.42 Å². The Bertz CT molecular complexity index is 1110. The van der Waals surface area contributed by atoms with Gasteiger partial charge >= 0.3 is 5.97 Å². The first-order valence-electron chi connectivity index (χ1n) is 8.35. The van der Waals surface area contributed by atoms with Crippen LogP contribution in [0.5, 0.6) is 5.75 Å². The molecule has 0 aliphatic carbocycles. The number of carbonyl (C=O) groups excluding carboxylic acids is 1. The summed E-state index contributed by atoms with van der Waals surface area (Å²) in [5, 5.41) is 19.3. The number of nitrogens with one attached hydrogen (secondary N) is 1. The molecule has 0 bridgehead atoms. The largest absolute Gasteiger partial charge is 0.493 e. The molecule has 3 rings (SSSR count). The molecule has 0 radical (unpaired) electrons. The van der Waals surface area contributed by atoms with Gasteiger partial charge in [0.05, 0.1) is 13.0 Å². The van der Waals surface area contributed by atoms with E-state index < -0.39 is 11.8 Å². The molecule has 0 aliphatic heterocycles. The van der Waals surface area contributed by atoms with Crippen molar-refractivity contribution in [3.63, 3.8) is 0 Å². The van der Waals surface area contributed by atoms with Crippen molar-refractivity contribution in [3.05, 3.63) is 70.4 Å². The topological polar surface area (TPSA) is 103 Å². The van der Waals surface area contributed by atoms with Crippen LogP contribution in [0.15, 0.2) is 54.2 Å². The maximum atomic E-state index is 12.8. The van der Waals surface area contributed by atoms with Crippen LogP contribution in [0.1, 0.15) is 22.3 Å². The van der Waals surface area contributed by atoms with Gasteiger partial charge in [0.25, 0.3) is 0 Å². The second kappa shape index (κ2) is 8.42. The standard InChI is InChI=1S/C21H15ClN2O4/c22-15-3-6-17-18(12-24-19(17)10-15)21(27)14(11-23)9-13-1-4-16(5-2-13)28-8-7-20(25)26/h1-6,9-10,12,24H,7-8H2,(H,25,26)/b14-9+. The minimum absolute atomic E-state index is 0.00426. The van der Waals surface area contributed by atoms with Crippen molar-refractivity contribution >= 4 is 40.3 Å². The Morgan fingerprint density at radius 2 is 1.96 bits per heavy atom. The van der Waals surface area contributed by atoms with Crippen LogP contribution < -0.4 is 4.74 Å². The minimum atomic E-state index is -0.934. The number of benzene rings is 2. The molecule has 3 aromatic rings. The number of aromatic nitrogens is 1. The van der Waals surface area contributed by atoms with E-state index in [-0.39, 0.29) is 18.6 Å². The minimum Gasteiger partial charge on any atom is -0.493 e. The number of hydrogen-bond acceptors (Lipinski definition) is 4. The lowest BCUT2D eigenvalue weighted by Crippen LogP contribution is -2.04. The van der Waals surface area contributed by atoms with Gasteiger partial charge in [0.2, 0.25) is 5.78 Å². The summed E-state index contributed by atoms with van der Waals surface area (Å²) < 4.78 is 5.32. The maximum absolute atomic E-state index is 12.8. The van der Waals surface area contributed by atoms with Crippen molar-refractivity contribution in [2.75, 3.05) is 6.61 Å². The van der Waals surface area contributed by atoms with Gasteiger partial charge in [-0.25, -0.2) is 0 Å². The second-order valence-electron chi connectivity index (χ2n) is 5.95. The molecular formula is C21H15ClN2O4. The summed E-state index contributed by atoms with van der Waals surface area (Å²) in [6.07, 6.45) is 2.97. The molecule has 7 heteroatoms. The lowest BCUT2D eigenvalue weighted by atomic mass is 10.0. The number of aliphatic carboxylic acids is 1. The van der Waals surface area contributed by atoms with Crippen molar-refractivity contribution in [1.82, 2.24) is 4.98 Å². The van der Waals surface area contributed by atoms with Gasteiger partial charge in [-0.3, -0.25) is 9.59 Å². The molecule has 2 N–H and O–H groups in total. The lowest BCUT2D eigenvalue weighted by Gasteiger charge is -2.05. The third kappa shape index (κ3) is 4.40. The normalized spacial score (nSPS) is 11.2. The molecule has 1 heterocycles. The van der Waals surface area contributed by atoms with Gasteiger partial charge in [-0.1, -0.05) is 29.8 Å². The number of hydrogen-bond donors (Lipinski definition) is 2. The smallest absolute Gasteiger partial charge is 0.306 e. The molecule has 28 heavy (non-hydrogen) atoms. The molecule has 0 fully saturated rings. The van der Waals surface area contributed by atoms with E-state index in [1.807, 2.05) is 6.07 Å². The number of ketones is 1. The van der Waals surface area contributed by atoms with Crippen molar-refractivity contribution in [3.8, 4) is 11.8 Å². The van der Waals surface area contributed by atoms with Crippen LogP contribution in [0.2, 0.25) is 5.02 Å². The number of rotatable bonds is 7. The van der Waals surface area contributed by atoms with Crippen molar-refractivity contribution in [1.29, 1.82) is 5.26 Å². The van der Waals surface area contributed by atoms with Crippen molar-refractivity contribution < 1.29 is 19.4 Å². The molecule has 140 valence electrons. The highest BCUT2D eigenvalue weighted by molar-refractivity contribution is 6.31. The average molecular weight is 395 g/mol. The Hall–Kier alpha value is -3.56. The van der Waals surface area contributed by atoms with E-state index in [4.69, 9.17) is 21.4 Å². The number of H-pyrrole nitrogens is 1. The Balaban J connectivity index is 1.80. The van der Waals surface area contributed by atoms with E-state index in [1.165, 1.54) is 6.08 Å². The number of Topliss-reactive ketones (excluding diaryl/α,β-unsaturated/α-hetero) is 1. The average Bonchev–Trinajstić information content (AvgIpc) is 3.09. The van der Waals surface area contributed by atoms with E-state index in [0.29, 0.717) is 27.3 Å². The number of nitriles is 1. The predicted octanol–water partition coefficient (Wildman–Crippen LogP) is 4.46. The fraction of sp³-hybridized carbons (Fsp3) is 0.0952. The zero-order valence-electron chi connectivity index (χ0n) is 14.6. The van der Waals surface area contributed by atoms with Gasteiger partial charge in [-0.05, 0) is 35.9 Å². The van der Waals surface area contributed by atoms with Gasteiger partial charge in [0.15, 0.2) is 0 Å². The van der Waals surface area contributed by atoms with Gasteiger partial charge in [-0.2, -0.15) is 5.26 Å². The monoisotopic (exact) mass is 394 g/mol. The number of fused-ring (bicyclic) bond motifs is 1. The van der Waals surface area contributed by atoms with Crippen LogP contribution in [-0.4, -0.2) is 28.4 Å². The number of allylic oxidation sites excluding steroid dienone is 1. The quantitative estimate of drug-likeness (QED) is 0.349. The first kappa shape index (κ1) is 19.2. The summed E-state index contributed by atoms with van der Waals surface area (Å²) in [6.45, 7) is 0.0665. The van der Waals surface area contributed by atoms with E-state index in [2.05, 4.69) is 4.98 Å². The molecule has 0 atom stereocenters. The van der Waals surface area contributed by atoms with Crippen LogP contribution in [0.25, 0.3) is 17.0 Å². The molecule has 1 aromatic heterocycles. The van der Waals surface area contributed by atoms with E-state index in [9.17, 15) is 14.9 Å². The third-order valence-electron chi connectivity index (χ3n) is 4.03. The summed E-state index contributed by atoms with van der Waals surface area (Å²) in [5.41, 5.74) is 1.76. The molecule has 0 spiro atoms. The summed E-state index contributed by atoms with van der Waals surface area (Å²) in [6, 6.07) is 13.8. The summed E-state index contributed by atoms with van der Waals surface area (Å²) in [4.78, 5) is 26.3. The zero-order chi connectivity index (χ0) is 20.1. The predicted molar refractivity (Wildman–Crippen MR) is 105 cm³/mol. The van der Waals surface area contributed by atoms with Gasteiger partial charge in [0, 0.05) is 27.7 Å². The molecule has 0 aliphatic rings. The number of ether oxygens (including phenoxy) is 1. The van der Waals surface area contributed by atoms with E-state index in [1.54, 1.807) is 48.7 Å². The van der Waals surface area contributed by atoms with Crippen LogP contribution in [-0.2, 0) is 4.79 Å². The molecule has 6 nitrogen and oxygen atoms in total. The number of carbonyl (C=O) groups is 2. The van der Waals surface area contributed by atoms with Crippen LogP contribution in [0.3, 0.4) is 0 Å². The Labute approximate surface area is 165 Å². The summed E-state index contributed by atoms with van der Waals surface area (Å²) in [5.74, 6) is -0.814. The fourth-order valence-electron chi connectivity index (χ4n) is 2.66. The zero-order valence-corrected chi connectivity index (χ0v) is 15.4. The first-order valence-corrected chi connectivity index (χ1v) is 8.73. The highest BCUT2D eigenvalue weighted by atomic mass is 35.5. The van der Waals surface area contributed by atoms with Crippen LogP contribution >= 0.6 is 11.6 Å². The molecule has 0 saturated heterocycles. The summed E-state index contributed by atoms with van der Waals surface area (Å²) in [7, 11) is 0. The Kier molecular flexibility index (Phi) is 5.78. The highest BCUT2D eigenvalue weighted by Crippen LogP contribution is 2.25. The number of carboxylic acid groups (broad SMARTS) is 1. The fourth-order valence-corrected chi connectivity index (χ4v) is 2.84. The Morgan fingerprint density at radius 3 is 2.64 bits per heavy atom. The maximum Gasteiger partial charge on any atom is 0.306 e. The SMILES string of the molecule is N#C/C(=C\c1ccc(OCCC(=O)O)cc1)C(=O)c1c[nH]c2cc(Cl)ccc12. The number of nitrogens with zero attached hydrogens (tertiary/aromatic N) is 1. The molecular weight excluding hydrogens is 380 g/mol. The van der Waals surface area contributed by atoms with Crippen molar-refractivity contribution in [2.24, 2.45) is 0 Å². The molecule has 0 saturated carbocycles. The van der Waals surface area contributed by atoms with Gasteiger partial charge < -0.3 is 14.8 Å². The van der Waals surface area contributed by atoms with Gasteiger partial charge in [-0.15, -0.1) is 0 Å². The number of carboxylic acids is 1. The molecule has 2 aromatic carbocycles. The second-order valence-corrected chi connectivity index (χ2v) is 6.39. The lowest BCUT2D eigenvalue weighted by molar-refractivity contribution is -0.137. The highest BCUT2D eigenvalue weighted by Gasteiger charge is 2.17. The number of aromatic amines is 1. The van der Waals surface area contributed by atoms with Crippen LogP contribution in [0.4, 0.5) is 0 Å². The van der Waals surface area contributed by atoms with Gasteiger partial charge in [0.1, 0.15) is 17.4 Å².